The van der Waals surface area contributed by atoms with Crippen molar-refractivity contribution < 1.29 is 13.5 Å². The van der Waals surface area contributed by atoms with Gasteiger partial charge in [-0.25, -0.2) is 8.42 Å². The lowest BCUT2D eigenvalue weighted by Crippen LogP contribution is -2.38. The highest BCUT2D eigenvalue weighted by Crippen LogP contribution is 2.15. The maximum absolute atomic E-state index is 11.0. The quantitative estimate of drug-likeness (QED) is 0.606. The van der Waals surface area contributed by atoms with Crippen LogP contribution in [-0.2, 0) is 9.84 Å². The normalized spacial score (nSPS) is 16.1. The summed E-state index contributed by atoms with van der Waals surface area (Å²) in [4.78, 5) is 1.97. The topological polar surface area (TPSA) is 83.6 Å². The number of nitrogens with two attached hydrogens (primary N) is 1. The van der Waals surface area contributed by atoms with E-state index in [0.29, 0.717) is 19.4 Å². The Hall–Kier alpha value is -0.170. The van der Waals surface area contributed by atoms with Crippen LogP contribution in [0.5, 0.6) is 0 Å². The van der Waals surface area contributed by atoms with Gasteiger partial charge >= 0.3 is 0 Å². The second kappa shape index (κ2) is 7.31. The van der Waals surface area contributed by atoms with Crippen molar-refractivity contribution in [1.29, 1.82) is 0 Å². The fourth-order valence-corrected chi connectivity index (χ4v) is 2.18. The van der Waals surface area contributed by atoms with Gasteiger partial charge in [-0.15, -0.1) is 0 Å². The van der Waals surface area contributed by atoms with Gasteiger partial charge in [0.25, 0.3) is 0 Å². The van der Waals surface area contributed by atoms with Crippen LogP contribution >= 0.6 is 0 Å². The first kappa shape index (κ1) is 16.8. The SMILES string of the molecule is CCC(O)(CN)CCCN(C)CCS(C)(=O)=O. The van der Waals surface area contributed by atoms with E-state index in [0.717, 1.165) is 13.0 Å². The summed E-state index contributed by atoms with van der Waals surface area (Å²) in [6.45, 7) is 3.50. The van der Waals surface area contributed by atoms with Gasteiger partial charge in [0.05, 0.1) is 11.4 Å². The molecule has 0 aliphatic heterocycles. The zero-order valence-electron chi connectivity index (χ0n) is 11.1. The third-order valence-corrected chi connectivity index (χ3v) is 3.99. The zero-order valence-corrected chi connectivity index (χ0v) is 12.0. The molecule has 1 unspecified atom stereocenters. The third kappa shape index (κ3) is 8.54. The van der Waals surface area contributed by atoms with Crippen molar-refractivity contribution in [3.8, 4) is 0 Å². The molecule has 3 N–H and O–H groups in total. The summed E-state index contributed by atoms with van der Waals surface area (Å²) in [5.41, 5.74) is 4.74. The Balaban J connectivity index is 3.82. The summed E-state index contributed by atoms with van der Waals surface area (Å²) in [6.07, 6.45) is 3.37. The van der Waals surface area contributed by atoms with E-state index in [1.807, 2.05) is 18.9 Å². The highest BCUT2D eigenvalue weighted by molar-refractivity contribution is 7.90. The average molecular weight is 266 g/mol. The molecule has 0 aromatic heterocycles. The summed E-state index contributed by atoms with van der Waals surface area (Å²) >= 11 is 0. The molecule has 0 aromatic rings. The lowest BCUT2D eigenvalue weighted by atomic mass is 9.95. The summed E-state index contributed by atoms with van der Waals surface area (Å²) < 4.78 is 22.0. The van der Waals surface area contributed by atoms with Crippen LogP contribution < -0.4 is 5.73 Å². The number of hydrogen-bond donors (Lipinski definition) is 2. The van der Waals surface area contributed by atoms with Gasteiger partial charge in [-0.3, -0.25) is 0 Å². The standard InChI is InChI=1S/C11H26N2O3S/c1-4-11(14,10-12)6-5-7-13(2)8-9-17(3,15)16/h14H,4-10,12H2,1-3H3. The molecule has 0 aromatic carbocycles. The Bertz CT molecular complexity index is 300. The maximum Gasteiger partial charge on any atom is 0.148 e. The smallest absolute Gasteiger partial charge is 0.148 e. The Labute approximate surface area is 105 Å². The number of hydrogen-bond acceptors (Lipinski definition) is 5. The molecule has 0 amide bonds. The molecule has 0 spiro atoms. The Morgan fingerprint density at radius 1 is 1.35 bits per heavy atom. The molecule has 0 aliphatic carbocycles. The van der Waals surface area contributed by atoms with Crippen molar-refractivity contribution >= 4 is 9.84 Å². The van der Waals surface area contributed by atoms with Gasteiger partial charge in [0.1, 0.15) is 9.84 Å². The van der Waals surface area contributed by atoms with Crippen molar-refractivity contribution in [2.45, 2.75) is 31.8 Å². The van der Waals surface area contributed by atoms with Gasteiger partial charge in [-0.1, -0.05) is 6.92 Å². The summed E-state index contributed by atoms with van der Waals surface area (Å²) in [6, 6.07) is 0. The summed E-state index contributed by atoms with van der Waals surface area (Å²) in [5.74, 6) is 0.179. The number of nitrogens with zero attached hydrogens (tertiary/aromatic N) is 1. The van der Waals surface area contributed by atoms with E-state index in [4.69, 9.17) is 5.73 Å². The first-order valence-electron chi connectivity index (χ1n) is 6.01. The van der Waals surface area contributed by atoms with Crippen LogP contribution in [0.25, 0.3) is 0 Å². The molecule has 0 heterocycles. The second-order valence-corrected chi connectivity index (χ2v) is 7.08. The van der Waals surface area contributed by atoms with Crippen LogP contribution in [0.2, 0.25) is 0 Å². The fourth-order valence-electron chi connectivity index (χ4n) is 1.53. The number of aliphatic hydroxyl groups is 1. The van der Waals surface area contributed by atoms with Gasteiger partial charge in [0, 0.05) is 19.3 Å². The van der Waals surface area contributed by atoms with Crippen molar-refractivity contribution in [1.82, 2.24) is 4.90 Å². The van der Waals surface area contributed by atoms with E-state index < -0.39 is 15.4 Å². The molecule has 0 aliphatic rings. The Morgan fingerprint density at radius 3 is 2.35 bits per heavy atom. The molecule has 17 heavy (non-hydrogen) atoms. The molecular weight excluding hydrogens is 240 g/mol. The lowest BCUT2D eigenvalue weighted by molar-refractivity contribution is 0.0324. The van der Waals surface area contributed by atoms with E-state index in [2.05, 4.69) is 0 Å². The van der Waals surface area contributed by atoms with Crippen LogP contribution in [0.1, 0.15) is 26.2 Å². The minimum absolute atomic E-state index is 0.179. The molecular formula is C11H26N2O3S. The minimum Gasteiger partial charge on any atom is -0.389 e. The predicted molar refractivity (Wildman–Crippen MR) is 70.7 cm³/mol. The highest BCUT2D eigenvalue weighted by Gasteiger charge is 2.21. The Morgan fingerprint density at radius 2 is 1.94 bits per heavy atom. The van der Waals surface area contributed by atoms with Gasteiger partial charge in [0.15, 0.2) is 0 Å². The molecule has 0 fully saturated rings. The van der Waals surface area contributed by atoms with Gasteiger partial charge in [-0.2, -0.15) is 0 Å². The van der Waals surface area contributed by atoms with Crippen LogP contribution in [-0.4, -0.2) is 62.7 Å². The van der Waals surface area contributed by atoms with E-state index in [1.54, 1.807) is 0 Å². The first-order valence-corrected chi connectivity index (χ1v) is 8.07. The van der Waals surface area contributed by atoms with Crippen molar-refractivity contribution in [3.05, 3.63) is 0 Å². The molecule has 0 bridgehead atoms. The molecule has 1 atom stereocenters. The Kier molecular flexibility index (Phi) is 7.23. The van der Waals surface area contributed by atoms with Crippen molar-refractivity contribution in [2.24, 2.45) is 5.73 Å². The van der Waals surface area contributed by atoms with E-state index in [1.165, 1.54) is 6.26 Å². The van der Waals surface area contributed by atoms with Crippen LogP contribution in [0, 0.1) is 0 Å². The third-order valence-electron chi connectivity index (χ3n) is 3.06. The monoisotopic (exact) mass is 266 g/mol. The number of sulfone groups is 1. The minimum atomic E-state index is -2.89. The zero-order chi connectivity index (χ0) is 13.5. The molecule has 0 radical (unpaired) electrons. The van der Waals surface area contributed by atoms with Gasteiger partial charge in [-0.05, 0) is 32.9 Å². The molecule has 6 heteroatoms. The molecule has 0 rings (SSSR count). The van der Waals surface area contributed by atoms with E-state index in [9.17, 15) is 13.5 Å². The predicted octanol–water partition coefficient (Wildman–Crippen LogP) is -0.157. The molecule has 0 saturated carbocycles. The van der Waals surface area contributed by atoms with Crippen LogP contribution in [0.3, 0.4) is 0 Å². The number of rotatable bonds is 9. The average Bonchev–Trinajstić information content (AvgIpc) is 2.25. The molecule has 104 valence electrons. The fraction of sp³-hybridized carbons (Fsp3) is 1.00. The lowest BCUT2D eigenvalue weighted by Gasteiger charge is -2.26. The van der Waals surface area contributed by atoms with Crippen molar-refractivity contribution in [3.63, 3.8) is 0 Å². The second-order valence-electron chi connectivity index (χ2n) is 4.82. The maximum atomic E-state index is 11.0. The van der Waals surface area contributed by atoms with Gasteiger partial charge < -0.3 is 15.7 Å². The molecule has 0 saturated heterocycles. The van der Waals surface area contributed by atoms with E-state index >= 15 is 0 Å². The highest BCUT2D eigenvalue weighted by atomic mass is 32.2. The summed E-state index contributed by atoms with van der Waals surface area (Å²) in [7, 11) is -1.01. The van der Waals surface area contributed by atoms with E-state index in [-0.39, 0.29) is 12.3 Å². The van der Waals surface area contributed by atoms with Gasteiger partial charge in [0.2, 0.25) is 0 Å². The first-order chi connectivity index (χ1) is 7.72. The molecule has 5 nitrogen and oxygen atoms in total. The van der Waals surface area contributed by atoms with Crippen LogP contribution in [0.4, 0.5) is 0 Å². The largest absolute Gasteiger partial charge is 0.389 e. The van der Waals surface area contributed by atoms with Crippen LogP contribution in [0.15, 0.2) is 0 Å². The van der Waals surface area contributed by atoms with Crippen molar-refractivity contribution in [2.75, 3.05) is 38.7 Å². The summed E-state index contributed by atoms with van der Waals surface area (Å²) in [5, 5.41) is 9.96.